The maximum atomic E-state index is 12.3. The summed E-state index contributed by atoms with van der Waals surface area (Å²) in [5, 5.41) is 6.31. The van der Waals surface area contributed by atoms with Crippen molar-refractivity contribution in [2.45, 2.75) is 25.6 Å². The standard InChI is InChI=1S/C9H11F3N8/c1-5(2-9(10,11)12)16-7-17-6(13)18-8(19-7)20-4-14-3-15-20/h3-5H,2H2,1H3,(H3,13,16,17,18,19). The van der Waals surface area contributed by atoms with Gasteiger partial charge in [0.25, 0.3) is 5.95 Å². The number of rotatable bonds is 4. The second kappa shape index (κ2) is 5.27. The van der Waals surface area contributed by atoms with Crippen molar-refractivity contribution >= 4 is 11.9 Å². The van der Waals surface area contributed by atoms with Crippen LogP contribution >= 0.6 is 0 Å². The first-order valence-corrected chi connectivity index (χ1v) is 5.53. The number of aromatic nitrogens is 6. The number of nitrogens with two attached hydrogens (primary N) is 1. The van der Waals surface area contributed by atoms with Crippen LogP contribution in [-0.2, 0) is 0 Å². The number of hydrogen-bond donors (Lipinski definition) is 2. The Morgan fingerprint density at radius 3 is 2.70 bits per heavy atom. The Kier molecular flexibility index (Phi) is 3.68. The van der Waals surface area contributed by atoms with Gasteiger partial charge in [0.2, 0.25) is 11.9 Å². The zero-order valence-corrected chi connectivity index (χ0v) is 10.3. The smallest absolute Gasteiger partial charge is 0.368 e. The van der Waals surface area contributed by atoms with E-state index in [0.29, 0.717) is 0 Å². The lowest BCUT2D eigenvalue weighted by Crippen LogP contribution is -2.25. The molecule has 0 spiro atoms. The molecule has 0 aromatic carbocycles. The molecule has 8 nitrogen and oxygen atoms in total. The maximum absolute atomic E-state index is 12.3. The summed E-state index contributed by atoms with van der Waals surface area (Å²) < 4.78 is 38.0. The topological polar surface area (TPSA) is 107 Å². The van der Waals surface area contributed by atoms with Crippen LogP contribution in [0.25, 0.3) is 5.95 Å². The second-order valence-corrected chi connectivity index (χ2v) is 4.02. The first kappa shape index (κ1) is 14.0. The molecule has 0 bridgehead atoms. The zero-order chi connectivity index (χ0) is 14.8. The van der Waals surface area contributed by atoms with Crippen molar-refractivity contribution in [2.75, 3.05) is 11.1 Å². The van der Waals surface area contributed by atoms with E-state index in [0.717, 1.165) is 0 Å². The molecule has 0 aliphatic rings. The van der Waals surface area contributed by atoms with Crippen molar-refractivity contribution in [1.29, 1.82) is 0 Å². The van der Waals surface area contributed by atoms with E-state index in [1.165, 1.54) is 24.3 Å². The van der Waals surface area contributed by atoms with Crippen LogP contribution in [0, 0.1) is 0 Å². The fourth-order valence-electron chi connectivity index (χ4n) is 1.48. The van der Waals surface area contributed by atoms with Crippen molar-refractivity contribution in [3.63, 3.8) is 0 Å². The first-order valence-electron chi connectivity index (χ1n) is 5.53. The van der Waals surface area contributed by atoms with Crippen LogP contribution in [0.4, 0.5) is 25.1 Å². The number of alkyl halides is 3. The van der Waals surface area contributed by atoms with Crippen LogP contribution in [0.5, 0.6) is 0 Å². The molecule has 0 aliphatic heterocycles. The molecule has 20 heavy (non-hydrogen) atoms. The van der Waals surface area contributed by atoms with Crippen molar-refractivity contribution in [3.05, 3.63) is 12.7 Å². The van der Waals surface area contributed by atoms with Gasteiger partial charge in [0.1, 0.15) is 12.7 Å². The molecule has 0 amide bonds. The molecule has 3 N–H and O–H groups in total. The minimum atomic E-state index is -4.28. The van der Waals surface area contributed by atoms with Gasteiger partial charge in [0, 0.05) is 6.04 Å². The van der Waals surface area contributed by atoms with Gasteiger partial charge in [0.05, 0.1) is 6.42 Å². The molecule has 0 saturated heterocycles. The molecule has 11 heteroatoms. The molecule has 108 valence electrons. The molecule has 0 aliphatic carbocycles. The van der Waals surface area contributed by atoms with Crippen LogP contribution in [0.2, 0.25) is 0 Å². The molecule has 2 aromatic heterocycles. The summed E-state index contributed by atoms with van der Waals surface area (Å²) in [7, 11) is 0. The molecule has 2 rings (SSSR count). The SMILES string of the molecule is CC(CC(F)(F)F)Nc1nc(N)nc(-n2cncn2)n1. The molecular weight excluding hydrogens is 277 g/mol. The molecule has 0 fully saturated rings. The highest BCUT2D eigenvalue weighted by atomic mass is 19.4. The average Bonchev–Trinajstić information content (AvgIpc) is 2.78. The van der Waals surface area contributed by atoms with Gasteiger partial charge < -0.3 is 11.1 Å². The zero-order valence-electron chi connectivity index (χ0n) is 10.3. The fourth-order valence-corrected chi connectivity index (χ4v) is 1.48. The third-order valence-corrected chi connectivity index (χ3v) is 2.18. The third-order valence-electron chi connectivity index (χ3n) is 2.18. The van der Waals surface area contributed by atoms with Crippen molar-refractivity contribution in [1.82, 2.24) is 29.7 Å². The summed E-state index contributed by atoms with van der Waals surface area (Å²) in [6.45, 7) is 1.36. The summed E-state index contributed by atoms with van der Waals surface area (Å²) in [5.41, 5.74) is 5.48. The van der Waals surface area contributed by atoms with Crippen molar-refractivity contribution in [3.8, 4) is 5.95 Å². The van der Waals surface area contributed by atoms with E-state index >= 15 is 0 Å². The summed E-state index contributed by atoms with van der Waals surface area (Å²) in [6.07, 6.45) is -2.70. The first-order chi connectivity index (χ1) is 9.33. The van der Waals surface area contributed by atoms with Gasteiger partial charge in [0.15, 0.2) is 0 Å². The number of halogens is 3. The minimum absolute atomic E-state index is 0.0558. The van der Waals surface area contributed by atoms with Gasteiger partial charge in [-0.1, -0.05) is 0 Å². The second-order valence-electron chi connectivity index (χ2n) is 4.02. The molecule has 2 heterocycles. The van der Waals surface area contributed by atoms with Crippen LogP contribution in [0.15, 0.2) is 12.7 Å². The molecule has 0 radical (unpaired) electrons. The number of nitrogens with zero attached hydrogens (tertiary/aromatic N) is 6. The summed E-state index contributed by atoms with van der Waals surface area (Å²) in [6, 6.07) is -0.902. The normalized spacial score (nSPS) is 13.2. The Bertz CT molecular complexity index is 567. The van der Waals surface area contributed by atoms with Gasteiger partial charge in [-0.3, -0.25) is 0 Å². The van der Waals surface area contributed by atoms with Crippen LogP contribution in [-0.4, -0.2) is 41.9 Å². The van der Waals surface area contributed by atoms with Gasteiger partial charge in [-0.25, -0.2) is 4.98 Å². The monoisotopic (exact) mass is 288 g/mol. The lowest BCUT2D eigenvalue weighted by atomic mass is 10.2. The number of hydrogen-bond acceptors (Lipinski definition) is 7. The van der Waals surface area contributed by atoms with Gasteiger partial charge in [-0.15, -0.1) is 0 Å². The predicted molar refractivity (Wildman–Crippen MR) is 62.9 cm³/mol. The molecule has 2 aromatic rings. The highest BCUT2D eigenvalue weighted by Gasteiger charge is 2.30. The molecular formula is C9H11F3N8. The lowest BCUT2D eigenvalue weighted by molar-refractivity contribution is -0.136. The van der Waals surface area contributed by atoms with E-state index in [1.54, 1.807) is 0 Å². The molecule has 0 saturated carbocycles. The van der Waals surface area contributed by atoms with E-state index in [2.05, 4.69) is 30.4 Å². The van der Waals surface area contributed by atoms with Gasteiger partial charge in [-0.2, -0.15) is 37.9 Å². The van der Waals surface area contributed by atoms with Crippen LogP contribution in [0.1, 0.15) is 13.3 Å². The fraction of sp³-hybridized carbons (Fsp3) is 0.444. The summed E-state index contributed by atoms with van der Waals surface area (Å²) >= 11 is 0. The Balaban J connectivity index is 2.16. The quantitative estimate of drug-likeness (QED) is 0.856. The van der Waals surface area contributed by atoms with Crippen LogP contribution < -0.4 is 11.1 Å². The Morgan fingerprint density at radius 2 is 2.10 bits per heavy atom. The molecule has 1 atom stereocenters. The average molecular weight is 288 g/mol. The van der Waals surface area contributed by atoms with Crippen molar-refractivity contribution in [2.24, 2.45) is 0 Å². The van der Waals surface area contributed by atoms with E-state index < -0.39 is 18.6 Å². The number of nitrogens with one attached hydrogen (secondary N) is 1. The molecule has 1 unspecified atom stereocenters. The third kappa shape index (κ3) is 3.76. The van der Waals surface area contributed by atoms with Crippen molar-refractivity contribution < 1.29 is 13.2 Å². The van der Waals surface area contributed by atoms with E-state index in [1.807, 2.05) is 0 Å². The maximum Gasteiger partial charge on any atom is 0.391 e. The highest BCUT2D eigenvalue weighted by Crippen LogP contribution is 2.22. The predicted octanol–water partition coefficient (Wildman–Crippen LogP) is 0.787. The summed E-state index contributed by atoms with van der Waals surface area (Å²) in [4.78, 5) is 15.2. The van der Waals surface area contributed by atoms with Gasteiger partial charge >= 0.3 is 6.18 Å². The van der Waals surface area contributed by atoms with E-state index in [4.69, 9.17) is 5.73 Å². The van der Waals surface area contributed by atoms with Gasteiger partial charge in [-0.05, 0) is 6.92 Å². The largest absolute Gasteiger partial charge is 0.391 e. The van der Waals surface area contributed by atoms with E-state index in [-0.39, 0.29) is 17.8 Å². The number of anilines is 2. The van der Waals surface area contributed by atoms with Crippen LogP contribution in [0.3, 0.4) is 0 Å². The Hall–Kier alpha value is -2.46. The van der Waals surface area contributed by atoms with E-state index in [9.17, 15) is 13.2 Å². The number of nitrogen functional groups attached to an aromatic ring is 1. The minimum Gasteiger partial charge on any atom is -0.368 e. The summed E-state index contributed by atoms with van der Waals surface area (Å²) in [5.74, 6) is -0.122. The Labute approximate surface area is 111 Å². The highest BCUT2D eigenvalue weighted by molar-refractivity contribution is 5.35. The lowest BCUT2D eigenvalue weighted by Gasteiger charge is -2.15. The Morgan fingerprint density at radius 1 is 1.35 bits per heavy atom.